The third-order valence-corrected chi connectivity index (χ3v) is 4.29. The van der Waals surface area contributed by atoms with E-state index >= 15 is 0 Å². The number of carbonyl (C=O) groups excluding carboxylic acids is 3. The first-order chi connectivity index (χ1) is 13.4. The van der Waals surface area contributed by atoms with Gasteiger partial charge in [-0.1, -0.05) is 42.5 Å². The van der Waals surface area contributed by atoms with Crippen molar-refractivity contribution in [2.24, 2.45) is 0 Å². The van der Waals surface area contributed by atoms with Crippen LogP contribution in [-0.2, 0) is 16.1 Å². The standard InChI is InChI=1S/C21H26N4O3/c1-15(18-10-7-11-19(12-18)23-16(2)26)25(13-17-8-5-4-6-9-17)14-20(27)24-21(28)22-3/h4-12,15H,13-14H2,1-3H3,(H,23,26)(H2,22,24,27,28)/t15-/m1/s1. The van der Waals surface area contributed by atoms with Gasteiger partial charge < -0.3 is 10.6 Å². The normalized spacial score (nSPS) is 11.6. The van der Waals surface area contributed by atoms with Crippen LogP contribution >= 0.6 is 0 Å². The molecule has 3 N–H and O–H groups in total. The van der Waals surface area contributed by atoms with Gasteiger partial charge in [0.2, 0.25) is 11.8 Å². The van der Waals surface area contributed by atoms with Gasteiger partial charge in [0.05, 0.1) is 6.54 Å². The number of nitrogens with one attached hydrogen (secondary N) is 3. The summed E-state index contributed by atoms with van der Waals surface area (Å²) in [6.07, 6.45) is 0. The highest BCUT2D eigenvalue weighted by Gasteiger charge is 2.20. The highest BCUT2D eigenvalue weighted by atomic mass is 16.2. The second-order valence-corrected chi connectivity index (χ2v) is 6.50. The van der Waals surface area contributed by atoms with Gasteiger partial charge in [-0.05, 0) is 30.2 Å². The van der Waals surface area contributed by atoms with Crippen LogP contribution in [0.1, 0.15) is 31.0 Å². The minimum atomic E-state index is -0.537. The number of amides is 4. The summed E-state index contributed by atoms with van der Waals surface area (Å²) in [5.74, 6) is -0.531. The Morgan fingerprint density at radius 3 is 2.39 bits per heavy atom. The molecule has 0 saturated carbocycles. The van der Waals surface area contributed by atoms with E-state index in [4.69, 9.17) is 0 Å². The van der Waals surface area contributed by atoms with Crippen molar-refractivity contribution in [1.82, 2.24) is 15.5 Å². The SMILES string of the molecule is CNC(=O)NC(=O)CN(Cc1ccccc1)[C@H](C)c1cccc(NC(C)=O)c1. The lowest BCUT2D eigenvalue weighted by molar-refractivity contribution is -0.121. The summed E-state index contributed by atoms with van der Waals surface area (Å²) >= 11 is 0. The summed E-state index contributed by atoms with van der Waals surface area (Å²) in [6, 6.07) is 16.7. The van der Waals surface area contributed by atoms with Crippen LogP contribution in [0, 0.1) is 0 Å². The summed E-state index contributed by atoms with van der Waals surface area (Å²) in [5.41, 5.74) is 2.71. The molecule has 0 unspecified atom stereocenters. The van der Waals surface area contributed by atoms with Crippen molar-refractivity contribution >= 4 is 23.5 Å². The van der Waals surface area contributed by atoms with Gasteiger partial charge in [-0.15, -0.1) is 0 Å². The van der Waals surface area contributed by atoms with Gasteiger partial charge in [-0.2, -0.15) is 0 Å². The molecule has 1 atom stereocenters. The summed E-state index contributed by atoms with van der Waals surface area (Å²) in [5, 5.41) is 7.45. The number of benzene rings is 2. The average Bonchev–Trinajstić information content (AvgIpc) is 2.67. The number of hydrogen-bond acceptors (Lipinski definition) is 4. The van der Waals surface area contributed by atoms with E-state index in [1.807, 2.05) is 66.4 Å². The lowest BCUT2D eigenvalue weighted by atomic mass is 10.0. The van der Waals surface area contributed by atoms with Crippen LogP contribution in [0.2, 0.25) is 0 Å². The summed E-state index contributed by atoms with van der Waals surface area (Å²) in [4.78, 5) is 37.0. The van der Waals surface area contributed by atoms with E-state index in [-0.39, 0.29) is 24.4 Å². The minimum absolute atomic E-state index is 0.0494. The van der Waals surface area contributed by atoms with E-state index in [0.29, 0.717) is 12.2 Å². The van der Waals surface area contributed by atoms with Gasteiger partial charge >= 0.3 is 6.03 Å². The van der Waals surface area contributed by atoms with Crippen molar-refractivity contribution < 1.29 is 14.4 Å². The predicted octanol–water partition coefficient (Wildman–Crippen LogP) is 2.66. The van der Waals surface area contributed by atoms with Crippen LogP contribution in [-0.4, -0.2) is 36.3 Å². The predicted molar refractivity (Wildman–Crippen MR) is 109 cm³/mol. The maximum absolute atomic E-state index is 12.3. The number of imide groups is 1. The largest absolute Gasteiger partial charge is 0.341 e. The smallest absolute Gasteiger partial charge is 0.321 e. The molecule has 0 bridgehead atoms. The first-order valence-electron chi connectivity index (χ1n) is 9.06. The van der Waals surface area contributed by atoms with E-state index in [9.17, 15) is 14.4 Å². The maximum Gasteiger partial charge on any atom is 0.321 e. The Kier molecular flexibility index (Phi) is 7.71. The molecule has 2 rings (SSSR count). The van der Waals surface area contributed by atoms with Crippen molar-refractivity contribution in [2.75, 3.05) is 18.9 Å². The van der Waals surface area contributed by atoms with Crippen LogP contribution in [0.4, 0.5) is 10.5 Å². The topological polar surface area (TPSA) is 90.5 Å². The zero-order valence-corrected chi connectivity index (χ0v) is 16.4. The van der Waals surface area contributed by atoms with E-state index in [2.05, 4.69) is 16.0 Å². The van der Waals surface area contributed by atoms with Gasteiger partial charge in [0.15, 0.2) is 0 Å². The fourth-order valence-electron chi connectivity index (χ4n) is 2.85. The first-order valence-corrected chi connectivity index (χ1v) is 9.06. The molecular weight excluding hydrogens is 356 g/mol. The second-order valence-electron chi connectivity index (χ2n) is 6.50. The van der Waals surface area contributed by atoms with E-state index in [1.54, 1.807) is 0 Å². The number of carbonyl (C=O) groups is 3. The van der Waals surface area contributed by atoms with Crippen molar-refractivity contribution in [1.29, 1.82) is 0 Å². The zero-order chi connectivity index (χ0) is 20.5. The molecule has 0 aliphatic rings. The Balaban J connectivity index is 2.22. The monoisotopic (exact) mass is 382 g/mol. The minimum Gasteiger partial charge on any atom is -0.341 e. The molecule has 0 saturated heterocycles. The Morgan fingerprint density at radius 2 is 1.75 bits per heavy atom. The quantitative estimate of drug-likeness (QED) is 0.687. The highest BCUT2D eigenvalue weighted by Crippen LogP contribution is 2.24. The van der Waals surface area contributed by atoms with E-state index in [0.717, 1.165) is 11.1 Å². The van der Waals surface area contributed by atoms with E-state index < -0.39 is 6.03 Å². The molecule has 2 aromatic rings. The van der Waals surface area contributed by atoms with Crippen molar-refractivity contribution in [2.45, 2.75) is 26.4 Å². The summed E-state index contributed by atoms with van der Waals surface area (Å²) in [6.45, 7) is 4.03. The maximum atomic E-state index is 12.3. The number of nitrogens with zero attached hydrogens (tertiary/aromatic N) is 1. The zero-order valence-electron chi connectivity index (χ0n) is 16.4. The fourth-order valence-corrected chi connectivity index (χ4v) is 2.85. The van der Waals surface area contributed by atoms with Gasteiger partial charge in [0, 0.05) is 32.2 Å². The molecule has 7 heteroatoms. The molecule has 0 heterocycles. The first kappa shape index (κ1) is 21.1. The molecule has 0 aromatic heterocycles. The van der Waals surface area contributed by atoms with Crippen LogP contribution in [0.5, 0.6) is 0 Å². The van der Waals surface area contributed by atoms with Crippen LogP contribution < -0.4 is 16.0 Å². The molecule has 0 fully saturated rings. The summed E-state index contributed by atoms with van der Waals surface area (Å²) < 4.78 is 0. The van der Waals surface area contributed by atoms with Gasteiger partial charge in [0.1, 0.15) is 0 Å². The Hall–Kier alpha value is -3.19. The molecule has 0 spiro atoms. The lowest BCUT2D eigenvalue weighted by Gasteiger charge is -2.29. The van der Waals surface area contributed by atoms with E-state index in [1.165, 1.54) is 14.0 Å². The number of hydrogen-bond donors (Lipinski definition) is 3. The van der Waals surface area contributed by atoms with Crippen molar-refractivity contribution in [3.8, 4) is 0 Å². The molecular formula is C21H26N4O3. The molecule has 0 radical (unpaired) electrons. The Morgan fingerprint density at radius 1 is 1.04 bits per heavy atom. The molecule has 0 aliphatic carbocycles. The highest BCUT2D eigenvalue weighted by molar-refractivity contribution is 5.95. The Bertz CT molecular complexity index is 823. The van der Waals surface area contributed by atoms with Crippen LogP contribution in [0.3, 0.4) is 0 Å². The molecule has 0 aliphatic heterocycles. The number of anilines is 1. The van der Waals surface area contributed by atoms with Crippen LogP contribution in [0.15, 0.2) is 54.6 Å². The third-order valence-electron chi connectivity index (χ3n) is 4.29. The second kappa shape index (κ2) is 10.2. The Labute approximate surface area is 165 Å². The van der Waals surface area contributed by atoms with Crippen molar-refractivity contribution in [3.05, 3.63) is 65.7 Å². The molecule has 4 amide bonds. The fraction of sp³-hybridized carbons (Fsp3) is 0.286. The molecule has 7 nitrogen and oxygen atoms in total. The van der Waals surface area contributed by atoms with Gasteiger partial charge in [-0.25, -0.2) is 4.79 Å². The van der Waals surface area contributed by atoms with Gasteiger partial charge in [-0.3, -0.25) is 19.8 Å². The molecule has 2 aromatic carbocycles. The number of rotatable bonds is 7. The van der Waals surface area contributed by atoms with Crippen molar-refractivity contribution in [3.63, 3.8) is 0 Å². The lowest BCUT2D eigenvalue weighted by Crippen LogP contribution is -2.43. The van der Waals surface area contributed by atoms with Crippen LogP contribution in [0.25, 0.3) is 0 Å². The molecule has 148 valence electrons. The molecule has 28 heavy (non-hydrogen) atoms. The summed E-state index contributed by atoms with van der Waals surface area (Å²) in [7, 11) is 1.46. The number of urea groups is 1. The van der Waals surface area contributed by atoms with Gasteiger partial charge in [0.25, 0.3) is 0 Å². The third kappa shape index (κ3) is 6.51. The average molecular weight is 382 g/mol.